The van der Waals surface area contributed by atoms with Crippen molar-refractivity contribution in [2.75, 3.05) is 13.2 Å². The number of rotatable bonds is 9. The van der Waals surface area contributed by atoms with Crippen molar-refractivity contribution in [1.82, 2.24) is 10.6 Å². The van der Waals surface area contributed by atoms with Crippen LogP contribution in [0.3, 0.4) is 0 Å². The Labute approximate surface area is 169 Å². The number of hydrogen-bond acceptors (Lipinski definition) is 4. The average molecular weight is 408 g/mol. The summed E-state index contributed by atoms with van der Waals surface area (Å²) < 4.78 is 5.02. The zero-order chi connectivity index (χ0) is 20.4. The van der Waals surface area contributed by atoms with Gasteiger partial charge in [-0.2, -0.15) is 0 Å². The Bertz CT molecular complexity index is 719. The number of amides is 3. The molecule has 0 unspecified atom stereocenters. The van der Waals surface area contributed by atoms with E-state index in [1.54, 1.807) is 24.3 Å². The number of nitrogens with one attached hydrogen (secondary N) is 2. The average Bonchev–Trinajstić information content (AvgIpc) is 2.67. The van der Waals surface area contributed by atoms with Crippen molar-refractivity contribution in [1.29, 1.82) is 0 Å². The van der Waals surface area contributed by atoms with Crippen molar-refractivity contribution in [2.24, 2.45) is 5.73 Å². The largest absolute Gasteiger partial charge is 0.456 e. The van der Waals surface area contributed by atoms with Crippen LogP contribution in [0, 0.1) is 0 Å². The molecule has 1 atom stereocenters. The summed E-state index contributed by atoms with van der Waals surface area (Å²) in [4.78, 5) is 35.1. The molecule has 8 heteroatoms. The van der Waals surface area contributed by atoms with E-state index in [2.05, 4.69) is 16.7 Å². The molecule has 0 radical (unpaired) electrons. The molecule has 0 bridgehead atoms. The van der Waals surface area contributed by atoms with E-state index < -0.39 is 18.0 Å². The summed E-state index contributed by atoms with van der Waals surface area (Å²) in [5.41, 5.74) is 7.20. The number of benzene rings is 1. The van der Waals surface area contributed by atoms with Gasteiger partial charge in [-0.3, -0.25) is 9.59 Å². The summed E-state index contributed by atoms with van der Waals surface area (Å²) in [5.74, 6) is -0.963. The number of primary amides is 1. The highest BCUT2D eigenvalue weighted by Gasteiger charge is 2.19. The summed E-state index contributed by atoms with van der Waals surface area (Å²) >= 11 is 5.85. The van der Waals surface area contributed by atoms with E-state index in [4.69, 9.17) is 22.1 Å². The lowest BCUT2D eigenvalue weighted by Gasteiger charge is -2.17. The first kappa shape index (κ1) is 21.8. The van der Waals surface area contributed by atoms with Crippen LogP contribution in [0.4, 0.5) is 4.79 Å². The van der Waals surface area contributed by atoms with Gasteiger partial charge < -0.3 is 21.1 Å². The fourth-order valence-electron chi connectivity index (χ4n) is 3.04. The molecular weight excluding hydrogens is 382 g/mol. The van der Waals surface area contributed by atoms with E-state index >= 15 is 0 Å². The standard InChI is InChI=1S/C20H26ClN3O4/c21-16-8-6-15(7-9-16)17(24-20(22)27)12-19(26)28-13-18(25)23-11-10-14-4-2-1-3-5-14/h4,6-9,17H,1-3,5,10-13H2,(H,23,25)(H3,22,24,27)/t17-/m1/s1. The van der Waals surface area contributed by atoms with Crippen LogP contribution in [0.15, 0.2) is 35.9 Å². The predicted octanol–water partition coefficient (Wildman–Crippen LogP) is 2.99. The van der Waals surface area contributed by atoms with Gasteiger partial charge >= 0.3 is 12.0 Å². The summed E-state index contributed by atoms with van der Waals surface area (Å²) in [5, 5.41) is 5.77. The van der Waals surface area contributed by atoms with E-state index in [0.717, 1.165) is 19.3 Å². The fraction of sp³-hybridized carbons (Fsp3) is 0.450. The maximum Gasteiger partial charge on any atom is 0.312 e. The Balaban J connectivity index is 1.75. The molecule has 7 nitrogen and oxygen atoms in total. The van der Waals surface area contributed by atoms with Gasteiger partial charge in [-0.1, -0.05) is 35.4 Å². The molecule has 1 aliphatic rings. The maximum atomic E-state index is 12.1. The van der Waals surface area contributed by atoms with E-state index in [0.29, 0.717) is 17.1 Å². The van der Waals surface area contributed by atoms with Crippen LogP contribution < -0.4 is 16.4 Å². The molecule has 152 valence electrons. The summed E-state index contributed by atoms with van der Waals surface area (Å²) in [6.45, 7) is 0.167. The predicted molar refractivity (Wildman–Crippen MR) is 107 cm³/mol. The topological polar surface area (TPSA) is 111 Å². The van der Waals surface area contributed by atoms with E-state index in [1.165, 1.54) is 18.4 Å². The molecule has 1 aromatic carbocycles. The molecule has 3 amide bonds. The minimum atomic E-state index is -0.762. The highest BCUT2D eigenvalue weighted by molar-refractivity contribution is 6.30. The highest BCUT2D eigenvalue weighted by atomic mass is 35.5. The third-order valence-corrected chi connectivity index (χ3v) is 4.73. The molecule has 0 aromatic heterocycles. The van der Waals surface area contributed by atoms with Gasteiger partial charge in [-0.25, -0.2) is 4.79 Å². The molecule has 0 spiro atoms. The number of nitrogens with two attached hydrogens (primary N) is 1. The third kappa shape index (κ3) is 8.00. The normalized spacial score (nSPS) is 14.5. The van der Waals surface area contributed by atoms with Crippen molar-refractivity contribution in [2.45, 2.75) is 44.6 Å². The van der Waals surface area contributed by atoms with Gasteiger partial charge in [0.2, 0.25) is 0 Å². The van der Waals surface area contributed by atoms with Gasteiger partial charge in [-0.15, -0.1) is 0 Å². The first-order chi connectivity index (χ1) is 13.4. The number of ether oxygens (including phenoxy) is 1. The third-order valence-electron chi connectivity index (χ3n) is 4.48. The van der Waals surface area contributed by atoms with Gasteiger partial charge in [0.1, 0.15) is 0 Å². The Morgan fingerprint density at radius 1 is 1.18 bits per heavy atom. The molecule has 4 N–H and O–H groups in total. The second-order valence-electron chi connectivity index (χ2n) is 6.69. The lowest BCUT2D eigenvalue weighted by molar-refractivity contribution is -0.149. The van der Waals surface area contributed by atoms with Crippen LogP contribution in [0.2, 0.25) is 5.02 Å². The molecular formula is C20H26ClN3O4. The van der Waals surface area contributed by atoms with E-state index in [9.17, 15) is 14.4 Å². The quantitative estimate of drug-likeness (QED) is 0.431. The van der Waals surface area contributed by atoms with Gasteiger partial charge in [0.05, 0.1) is 12.5 Å². The first-order valence-electron chi connectivity index (χ1n) is 9.35. The smallest absolute Gasteiger partial charge is 0.312 e. The van der Waals surface area contributed by atoms with Gasteiger partial charge in [-0.05, 0) is 49.8 Å². The number of hydrogen-bond donors (Lipinski definition) is 3. The van der Waals surface area contributed by atoms with Crippen molar-refractivity contribution in [3.05, 3.63) is 46.5 Å². The SMILES string of the molecule is NC(=O)N[C@H](CC(=O)OCC(=O)NCCC1=CCCCC1)c1ccc(Cl)cc1. The summed E-state index contributed by atoms with van der Waals surface area (Å²) in [7, 11) is 0. The molecule has 2 rings (SSSR count). The van der Waals surface area contributed by atoms with Crippen LogP contribution in [0.1, 0.15) is 50.1 Å². The second-order valence-corrected chi connectivity index (χ2v) is 7.12. The van der Waals surface area contributed by atoms with Crippen molar-refractivity contribution >= 4 is 29.5 Å². The molecule has 0 saturated heterocycles. The summed E-state index contributed by atoms with van der Waals surface area (Å²) in [6, 6.07) is 5.23. The zero-order valence-electron chi connectivity index (χ0n) is 15.7. The molecule has 28 heavy (non-hydrogen) atoms. The second kappa shape index (κ2) is 11.3. The van der Waals surface area contributed by atoms with Crippen LogP contribution in [-0.2, 0) is 14.3 Å². The number of esters is 1. The van der Waals surface area contributed by atoms with Gasteiger partial charge in [0, 0.05) is 11.6 Å². The monoisotopic (exact) mass is 407 g/mol. The van der Waals surface area contributed by atoms with Crippen LogP contribution >= 0.6 is 11.6 Å². The highest BCUT2D eigenvalue weighted by Crippen LogP contribution is 2.20. The fourth-order valence-corrected chi connectivity index (χ4v) is 3.16. The minimum absolute atomic E-state index is 0.148. The van der Waals surface area contributed by atoms with Crippen LogP contribution in [-0.4, -0.2) is 31.1 Å². The zero-order valence-corrected chi connectivity index (χ0v) is 16.5. The van der Waals surface area contributed by atoms with Crippen molar-refractivity contribution < 1.29 is 19.1 Å². The van der Waals surface area contributed by atoms with Gasteiger partial charge in [0.25, 0.3) is 5.91 Å². The molecule has 0 heterocycles. The van der Waals surface area contributed by atoms with Crippen molar-refractivity contribution in [3.63, 3.8) is 0 Å². The molecule has 1 aliphatic carbocycles. The number of carbonyl (C=O) groups excluding carboxylic acids is 3. The lowest BCUT2D eigenvalue weighted by Crippen LogP contribution is -2.35. The lowest BCUT2D eigenvalue weighted by atomic mass is 9.97. The van der Waals surface area contributed by atoms with Crippen molar-refractivity contribution in [3.8, 4) is 0 Å². The Morgan fingerprint density at radius 2 is 1.93 bits per heavy atom. The van der Waals surface area contributed by atoms with Crippen LogP contribution in [0.25, 0.3) is 0 Å². The molecule has 0 saturated carbocycles. The maximum absolute atomic E-state index is 12.1. The first-order valence-corrected chi connectivity index (χ1v) is 9.73. The van der Waals surface area contributed by atoms with E-state index in [-0.39, 0.29) is 18.9 Å². The molecule has 0 aliphatic heterocycles. The van der Waals surface area contributed by atoms with Gasteiger partial charge in [0.15, 0.2) is 6.61 Å². The number of halogens is 1. The Morgan fingerprint density at radius 3 is 2.57 bits per heavy atom. The minimum Gasteiger partial charge on any atom is -0.456 e. The molecule has 1 aromatic rings. The number of allylic oxidation sites excluding steroid dienone is 1. The Hall–Kier alpha value is -2.54. The number of urea groups is 1. The Kier molecular flexibility index (Phi) is 8.81. The summed E-state index contributed by atoms with van der Waals surface area (Å²) in [6.07, 6.45) is 7.53. The van der Waals surface area contributed by atoms with E-state index in [1.807, 2.05) is 0 Å². The molecule has 0 fully saturated rings. The van der Waals surface area contributed by atoms with Crippen LogP contribution in [0.5, 0.6) is 0 Å². The number of carbonyl (C=O) groups is 3.